The molecule has 0 saturated carbocycles. The second kappa shape index (κ2) is 7.20. The molecule has 1 N–H and O–H groups in total. The molecule has 0 fully saturated rings. The smallest absolute Gasteiger partial charge is 0.203 e. The van der Waals surface area contributed by atoms with Crippen molar-refractivity contribution >= 4 is 22.7 Å². The SMILES string of the molecule is CCc1ccc(-c2ccc(C=NNc3nc(C)cs3)cc2)cc1. The van der Waals surface area contributed by atoms with Crippen molar-refractivity contribution in [2.45, 2.75) is 20.3 Å². The van der Waals surface area contributed by atoms with Gasteiger partial charge < -0.3 is 0 Å². The average Bonchev–Trinajstić information content (AvgIpc) is 3.01. The Balaban J connectivity index is 1.66. The van der Waals surface area contributed by atoms with Gasteiger partial charge >= 0.3 is 0 Å². The first kappa shape index (κ1) is 15.4. The summed E-state index contributed by atoms with van der Waals surface area (Å²) < 4.78 is 0. The van der Waals surface area contributed by atoms with Crippen LogP contribution in [-0.2, 0) is 6.42 Å². The van der Waals surface area contributed by atoms with E-state index in [0.717, 1.165) is 22.8 Å². The third-order valence-corrected chi connectivity index (χ3v) is 4.46. The van der Waals surface area contributed by atoms with Crippen LogP contribution in [0.3, 0.4) is 0 Å². The average molecular weight is 321 g/mol. The highest BCUT2D eigenvalue weighted by Gasteiger charge is 1.98. The number of hydrogen-bond donors (Lipinski definition) is 1. The molecule has 2 aromatic carbocycles. The van der Waals surface area contributed by atoms with Crippen LogP contribution in [0.5, 0.6) is 0 Å². The van der Waals surface area contributed by atoms with E-state index < -0.39 is 0 Å². The van der Waals surface area contributed by atoms with E-state index in [9.17, 15) is 0 Å². The van der Waals surface area contributed by atoms with E-state index in [-0.39, 0.29) is 0 Å². The molecule has 1 aromatic heterocycles. The van der Waals surface area contributed by atoms with Crippen molar-refractivity contribution in [1.29, 1.82) is 0 Å². The molecule has 23 heavy (non-hydrogen) atoms. The first-order chi connectivity index (χ1) is 11.2. The van der Waals surface area contributed by atoms with E-state index in [2.05, 4.69) is 71.0 Å². The second-order valence-corrected chi connectivity index (χ2v) is 6.19. The number of nitrogens with one attached hydrogen (secondary N) is 1. The van der Waals surface area contributed by atoms with Gasteiger partial charge in [0.1, 0.15) is 0 Å². The van der Waals surface area contributed by atoms with Crippen molar-refractivity contribution in [3.05, 3.63) is 70.7 Å². The van der Waals surface area contributed by atoms with Gasteiger partial charge in [-0.05, 0) is 35.6 Å². The predicted octanol–water partition coefficient (Wildman–Crippen LogP) is 5.13. The maximum absolute atomic E-state index is 4.30. The summed E-state index contributed by atoms with van der Waals surface area (Å²) in [6.45, 7) is 4.14. The summed E-state index contributed by atoms with van der Waals surface area (Å²) in [5.74, 6) is 0. The van der Waals surface area contributed by atoms with Gasteiger partial charge in [-0.3, -0.25) is 5.43 Å². The van der Waals surface area contributed by atoms with Crippen molar-refractivity contribution in [1.82, 2.24) is 4.98 Å². The lowest BCUT2D eigenvalue weighted by molar-refractivity contribution is 1.14. The molecule has 0 spiro atoms. The molecule has 0 atom stereocenters. The van der Waals surface area contributed by atoms with Crippen molar-refractivity contribution in [3.63, 3.8) is 0 Å². The predicted molar refractivity (Wildman–Crippen MR) is 99.3 cm³/mol. The third-order valence-electron chi connectivity index (χ3n) is 3.60. The number of nitrogens with zero attached hydrogens (tertiary/aromatic N) is 2. The molecule has 0 saturated heterocycles. The Hall–Kier alpha value is -2.46. The Morgan fingerprint density at radius 3 is 2.26 bits per heavy atom. The van der Waals surface area contributed by atoms with E-state index in [1.165, 1.54) is 16.7 Å². The molecule has 3 rings (SSSR count). The largest absolute Gasteiger partial charge is 0.253 e. The van der Waals surface area contributed by atoms with Crippen LogP contribution in [-0.4, -0.2) is 11.2 Å². The summed E-state index contributed by atoms with van der Waals surface area (Å²) in [5, 5.41) is 7.03. The maximum Gasteiger partial charge on any atom is 0.203 e. The number of rotatable bonds is 5. The van der Waals surface area contributed by atoms with Gasteiger partial charge in [0.05, 0.1) is 11.9 Å². The van der Waals surface area contributed by atoms with Crippen molar-refractivity contribution < 1.29 is 0 Å². The minimum absolute atomic E-state index is 0.811. The Morgan fingerprint density at radius 2 is 1.70 bits per heavy atom. The molecule has 0 aliphatic carbocycles. The Morgan fingerprint density at radius 1 is 1.04 bits per heavy atom. The van der Waals surface area contributed by atoms with E-state index in [1.54, 1.807) is 17.6 Å². The number of aromatic nitrogens is 1. The van der Waals surface area contributed by atoms with Gasteiger partial charge in [-0.15, -0.1) is 11.3 Å². The van der Waals surface area contributed by atoms with Crippen LogP contribution in [0.4, 0.5) is 5.13 Å². The van der Waals surface area contributed by atoms with Gasteiger partial charge in [-0.25, -0.2) is 4.98 Å². The molecule has 3 aromatic rings. The van der Waals surface area contributed by atoms with Gasteiger partial charge in [-0.1, -0.05) is 55.5 Å². The van der Waals surface area contributed by atoms with Crippen molar-refractivity contribution in [3.8, 4) is 11.1 Å². The molecule has 116 valence electrons. The number of hydrazone groups is 1. The molecule has 0 aliphatic rings. The minimum Gasteiger partial charge on any atom is -0.253 e. The standard InChI is InChI=1S/C19H19N3S/c1-3-15-4-8-17(9-5-15)18-10-6-16(7-11-18)12-20-22-19-21-14(2)13-23-19/h4-13H,3H2,1-2H3,(H,21,22). The number of hydrogen-bond acceptors (Lipinski definition) is 4. The second-order valence-electron chi connectivity index (χ2n) is 5.34. The third kappa shape index (κ3) is 4.05. The van der Waals surface area contributed by atoms with Crippen molar-refractivity contribution in [2.75, 3.05) is 5.43 Å². The maximum atomic E-state index is 4.30. The van der Waals surface area contributed by atoms with E-state index in [4.69, 9.17) is 0 Å². The summed E-state index contributed by atoms with van der Waals surface area (Å²) in [6.07, 6.45) is 2.88. The van der Waals surface area contributed by atoms with Crippen LogP contribution in [0.2, 0.25) is 0 Å². The zero-order valence-electron chi connectivity index (χ0n) is 13.3. The lowest BCUT2D eigenvalue weighted by atomic mass is 10.0. The number of benzene rings is 2. The fourth-order valence-corrected chi connectivity index (χ4v) is 2.90. The quantitative estimate of drug-likeness (QED) is 0.522. The fraction of sp³-hybridized carbons (Fsp3) is 0.158. The molecule has 0 aliphatic heterocycles. The normalized spacial score (nSPS) is 11.0. The first-order valence-corrected chi connectivity index (χ1v) is 8.53. The highest BCUT2D eigenvalue weighted by molar-refractivity contribution is 7.13. The van der Waals surface area contributed by atoms with Gasteiger partial charge in [0.15, 0.2) is 0 Å². The van der Waals surface area contributed by atoms with Gasteiger partial charge in [0, 0.05) is 5.38 Å². The van der Waals surface area contributed by atoms with Crippen LogP contribution in [0, 0.1) is 6.92 Å². The van der Waals surface area contributed by atoms with E-state index >= 15 is 0 Å². The first-order valence-electron chi connectivity index (χ1n) is 7.65. The van der Waals surface area contributed by atoms with Crippen LogP contribution < -0.4 is 5.43 Å². The monoisotopic (exact) mass is 321 g/mol. The summed E-state index contributed by atoms with van der Waals surface area (Å²) in [4.78, 5) is 4.30. The molecule has 4 heteroatoms. The number of aryl methyl sites for hydroxylation is 2. The van der Waals surface area contributed by atoms with Crippen LogP contribution in [0.25, 0.3) is 11.1 Å². The minimum atomic E-state index is 0.811. The summed E-state index contributed by atoms with van der Waals surface area (Å²) >= 11 is 1.55. The number of thiazole rings is 1. The topological polar surface area (TPSA) is 37.3 Å². The summed E-state index contributed by atoms with van der Waals surface area (Å²) in [5.41, 5.74) is 8.83. The molecule has 3 nitrogen and oxygen atoms in total. The molecule has 1 heterocycles. The Labute approximate surface area is 140 Å². The highest BCUT2D eigenvalue weighted by Crippen LogP contribution is 2.20. The van der Waals surface area contributed by atoms with E-state index in [1.807, 2.05) is 12.3 Å². The lowest BCUT2D eigenvalue weighted by Gasteiger charge is -2.03. The van der Waals surface area contributed by atoms with Crippen LogP contribution >= 0.6 is 11.3 Å². The molecule has 0 bridgehead atoms. The molecular weight excluding hydrogens is 302 g/mol. The van der Waals surface area contributed by atoms with E-state index in [0.29, 0.717) is 0 Å². The molecule has 0 radical (unpaired) electrons. The fourth-order valence-electron chi connectivity index (χ4n) is 2.26. The van der Waals surface area contributed by atoms with Gasteiger partial charge in [-0.2, -0.15) is 5.10 Å². The lowest BCUT2D eigenvalue weighted by Crippen LogP contribution is -1.90. The van der Waals surface area contributed by atoms with Crippen LogP contribution in [0.1, 0.15) is 23.7 Å². The Kier molecular flexibility index (Phi) is 4.83. The zero-order valence-corrected chi connectivity index (χ0v) is 14.1. The van der Waals surface area contributed by atoms with Gasteiger partial charge in [0.2, 0.25) is 5.13 Å². The van der Waals surface area contributed by atoms with Crippen molar-refractivity contribution in [2.24, 2.45) is 5.10 Å². The number of anilines is 1. The molecule has 0 unspecified atom stereocenters. The summed E-state index contributed by atoms with van der Waals surface area (Å²) in [7, 11) is 0. The molecular formula is C19H19N3S. The Bertz CT molecular complexity index is 786. The van der Waals surface area contributed by atoms with Crippen LogP contribution in [0.15, 0.2) is 59.0 Å². The molecule has 0 amide bonds. The highest BCUT2D eigenvalue weighted by atomic mass is 32.1. The summed E-state index contributed by atoms with van der Waals surface area (Å²) in [6, 6.07) is 17.1. The zero-order chi connectivity index (χ0) is 16.1. The van der Waals surface area contributed by atoms with Gasteiger partial charge in [0.25, 0.3) is 0 Å².